The number of hydrogen-bond donors (Lipinski definition) is 0. The first kappa shape index (κ1) is 11.6. The third kappa shape index (κ3) is 1.72. The maximum absolute atomic E-state index is 12.4. The van der Waals surface area contributed by atoms with E-state index in [1.54, 1.807) is 17.4 Å². The molecule has 2 unspecified atom stereocenters. The second kappa shape index (κ2) is 4.01. The Balaban J connectivity index is 2.39. The molecule has 1 aromatic heterocycles. The molecule has 0 amide bonds. The Bertz CT molecular complexity index is 662. The summed E-state index contributed by atoms with van der Waals surface area (Å²) in [7, 11) is 0. The van der Waals surface area contributed by atoms with Crippen LogP contribution in [0.2, 0.25) is 5.02 Å². The Morgan fingerprint density at radius 1 is 1.29 bits per heavy atom. The summed E-state index contributed by atoms with van der Waals surface area (Å²) >= 11 is 9.48. The zero-order valence-electron chi connectivity index (χ0n) is 9.49. The molecule has 0 radical (unpaired) electrons. The molecule has 1 aliphatic heterocycles. The van der Waals surface area contributed by atoms with Gasteiger partial charge in [0.15, 0.2) is 5.43 Å². The van der Waals surface area contributed by atoms with Crippen LogP contribution in [0.3, 0.4) is 0 Å². The van der Waals surface area contributed by atoms with Crippen molar-refractivity contribution in [1.82, 2.24) is 0 Å². The van der Waals surface area contributed by atoms with Crippen LogP contribution in [0.1, 0.15) is 25.3 Å². The van der Waals surface area contributed by atoms with E-state index in [1.807, 2.05) is 23.9 Å². The molecular weight excluding hydrogens is 272 g/mol. The Morgan fingerprint density at radius 2 is 2.06 bits per heavy atom. The van der Waals surface area contributed by atoms with Gasteiger partial charge in [0.05, 0.1) is 4.21 Å². The highest BCUT2D eigenvalue weighted by Crippen LogP contribution is 2.47. The lowest BCUT2D eigenvalue weighted by Gasteiger charge is -2.07. The Hall–Kier alpha value is -0.510. The molecule has 4 heteroatoms. The van der Waals surface area contributed by atoms with Gasteiger partial charge in [0.25, 0.3) is 0 Å². The fourth-order valence-electron chi connectivity index (χ4n) is 2.15. The molecule has 2 heterocycles. The minimum Gasteiger partial charge on any atom is -0.289 e. The highest BCUT2D eigenvalue weighted by atomic mass is 35.5. The van der Waals surface area contributed by atoms with E-state index in [9.17, 15) is 4.79 Å². The first-order valence-electron chi connectivity index (χ1n) is 5.51. The number of thioether (sulfide) groups is 1. The van der Waals surface area contributed by atoms with Crippen molar-refractivity contribution in [2.75, 3.05) is 0 Å². The highest BCUT2D eigenvalue weighted by molar-refractivity contribution is 8.02. The van der Waals surface area contributed by atoms with E-state index >= 15 is 0 Å². The van der Waals surface area contributed by atoms with Crippen molar-refractivity contribution < 1.29 is 0 Å². The Morgan fingerprint density at radius 3 is 2.82 bits per heavy atom. The molecule has 0 bridgehead atoms. The van der Waals surface area contributed by atoms with E-state index < -0.39 is 0 Å². The molecule has 0 fully saturated rings. The van der Waals surface area contributed by atoms with E-state index in [4.69, 9.17) is 11.6 Å². The summed E-state index contributed by atoms with van der Waals surface area (Å²) in [5, 5.41) is 1.98. The summed E-state index contributed by atoms with van der Waals surface area (Å²) in [5.41, 5.74) is 1.19. The van der Waals surface area contributed by atoms with E-state index in [-0.39, 0.29) is 5.43 Å². The van der Waals surface area contributed by atoms with Crippen LogP contribution in [0.15, 0.2) is 27.2 Å². The second-order valence-electron chi connectivity index (χ2n) is 4.38. The van der Waals surface area contributed by atoms with Crippen LogP contribution in [0.4, 0.5) is 0 Å². The molecule has 0 saturated heterocycles. The standard InChI is InChI=1S/C13H11ClOS2/c1-6-7(2)16-13-11(6)12(15)9-4-3-8(14)5-10(9)17-13/h3-7H,1-2H3. The van der Waals surface area contributed by atoms with Crippen molar-refractivity contribution in [3.63, 3.8) is 0 Å². The van der Waals surface area contributed by atoms with Crippen LogP contribution >= 0.6 is 34.7 Å². The van der Waals surface area contributed by atoms with Crippen molar-refractivity contribution in [2.45, 2.75) is 29.2 Å². The fraction of sp³-hybridized carbons (Fsp3) is 0.308. The van der Waals surface area contributed by atoms with Crippen molar-refractivity contribution in [1.29, 1.82) is 0 Å². The Kier molecular flexibility index (Phi) is 2.73. The lowest BCUT2D eigenvalue weighted by Crippen LogP contribution is -2.12. The van der Waals surface area contributed by atoms with Gasteiger partial charge in [-0.2, -0.15) is 0 Å². The summed E-state index contributed by atoms with van der Waals surface area (Å²) < 4.78 is 2.17. The summed E-state index contributed by atoms with van der Waals surface area (Å²) in [6.45, 7) is 4.32. The smallest absolute Gasteiger partial charge is 0.192 e. The normalized spacial score (nSPS) is 23.0. The molecule has 0 saturated carbocycles. The number of benzene rings is 1. The molecule has 1 aromatic carbocycles. The predicted molar refractivity (Wildman–Crippen MR) is 76.8 cm³/mol. The fourth-order valence-corrected chi connectivity index (χ4v) is 5.43. The first-order chi connectivity index (χ1) is 8.08. The van der Waals surface area contributed by atoms with Crippen LogP contribution < -0.4 is 5.43 Å². The maximum atomic E-state index is 12.4. The third-order valence-electron chi connectivity index (χ3n) is 3.31. The van der Waals surface area contributed by atoms with E-state index in [0.717, 1.165) is 15.6 Å². The minimum absolute atomic E-state index is 0.190. The van der Waals surface area contributed by atoms with Crippen LogP contribution in [-0.2, 0) is 0 Å². The first-order valence-corrected chi connectivity index (χ1v) is 7.58. The maximum Gasteiger partial charge on any atom is 0.192 e. The number of rotatable bonds is 0. The molecule has 1 aliphatic rings. The summed E-state index contributed by atoms with van der Waals surface area (Å²) in [6, 6.07) is 5.52. The van der Waals surface area contributed by atoms with Gasteiger partial charge in [-0.05, 0) is 24.1 Å². The van der Waals surface area contributed by atoms with Gasteiger partial charge in [0, 0.05) is 25.9 Å². The summed E-state index contributed by atoms with van der Waals surface area (Å²) in [5.74, 6) is 0.346. The zero-order chi connectivity index (χ0) is 12.2. The van der Waals surface area contributed by atoms with E-state index in [1.165, 1.54) is 4.21 Å². The lowest BCUT2D eigenvalue weighted by atomic mass is 10.00. The number of fused-ring (bicyclic) bond motifs is 2. The summed E-state index contributed by atoms with van der Waals surface area (Å²) in [4.78, 5) is 12.4. The molecular formula is C13H11ClOS2. The van der Waals surface area contributed by atoms with Gasteiger partial charge in [-0.15, -0.1) is 23.1 Å². The quantitative estimate of drug-likeness (QED) is 0.707. The van der Waals surface area contributed by atoms with Gasteiger partial charge in [-0.1, -0.05) is 25.4 Å². The zero-order valence-corrected chi connectivity index (χ0v) is 11.9. The van der Waals surface area contributed by atoms with Crippen LogP contribution in [0.25, 0.3) is 10.1 Å². The SMILES string of the molecule is CC1Sc2sc3cc(Cl)ccc3c(=O)c2C1C. The van der Waals surface area contributed by atoms with Crippen molar-refractivity contribution in [3.05, 3.63) is 39.0 Å². The van der Waals surface area contributed by atoms with Crippen molar-refractivity contribution in [2.24, 2.45) is 0 Å². The van der Waals surface area contributed by atoms with Gasteiger partial charge in [0.2, 0.25) is 0 Å². The average Bonchev–Trinajstić information content (AvgIpc) is 2.54. The van der Waals surface area contributed by atoms with E-state index in [0.29, 0.717) is 16.2 Å². The topological polar surface area (TPSA) is 17.1 Å². The van der Waals surface area contributed by atoms with Gasteiger partial charge in [-0.25, -0.2) is 0 Å². The van der Waals surface area contributed by atoms with Crippen molar-refractivity contribution in [3.8, 4) is 0 Å². The second-order valence-corrected chi connectivity index (χ2v) is 7.52. The monoisotopic (exact) mass is 282 g/mol. The lowest BCUT2D eigenvalue weighted by molar-refractivity contribution is 0.760. The molecule has 3 rings (SSSR count). The molecule has 0 spiro atoms. The highest BCUT2D eigenvalue weighted by Gasteiger charge is 2.30. The third-order valence-corrected chi connectivity index (χ3v) is 6.26. The van der Waals surface area contributed by atoms with E-state index in [2.05, 4.69) is 13.8 Å². The molecule has 0 aliphatic carbocycles. The van der Waals surface area contributed by atoms with Crippen molar-refractivity contribution >= 4 is 44.8 Å². The summed E-state index contributed by atoms with van der Waals surface area (Å²) in [6.07, 6.45) is 0. The van der Waals surface area contributed by atoms with Gasteiger partial charge in [-0.3, -0.25) is 4.79 Å². The predicted octanol–water partition coefficient (Wildman–Crippen LogP) is 4.51. The van der Waals surface area contributed by atoms with Crippen LogP contribution in [-0.4, -0.2) is 5.25 Å². The molecule has 0 N–H and O–H groups in total. The molecule has 2 atom stereocenters. The number of hydrogen-bond acceptors (Lipinski definition) is 3. The van der Waals surface area contributed by atoms with Gasteiger partial charge in [0.1, 0.15) is 0 Å². The van der Waals surface area contributed by atoms with Gasteiger partial charge >= 0.3 is 0 Å². The average molecular weight is 283 g/mol. The Labute approximate surface area is 113 Å². The molecule has 17 heavy (non-hydrogen) atoms. The van der Waals surface area contributed by atoms with Crippen LogP contribution in [0, 0.1) is 0 Å². The largest absolute Gasteiger partial charge is 0.289 e. The molecule has 2 aromatic rings. The van der Waals surface area contributed by atoms with Crippen LogP contribution in [0.5, 0.6) is 0 Å². The van der Waals surface area contributed by atoms with Gasteiger partial charge < -0.3 is 0 Å². The minimum atomic E-state index is 0.190. The molecule has 1 nitrogen and oxygen atoms in total. The molecule has 88 valence electrons. The number of halogens is 1.